The SMILES string of the molecule is CCN(CC)CCSc1ccc(-c2ccc(OC)cc2OC)nn1. The van der Waals surface area contributed by atoms with Gasteiger partial charge in [-0.25, -0.2) is 0 Å². The van der Waals surface area contributed by atoms with Crippen molar-refractivity contribution >= 4 is 11.8 Å². The lowest BCUT2D eigenvalue weighted by Crippen LogP contribution is -2.25. The van der Waals surface area contributed by atoms with Gasteiger partial charge in [-0.15, -0.1) is 22.0 Å². The Morgan fingerprint density at radius 1 is 1.00 bits per heavy atom. The van der Waals surface area contributed by atoms with Crippen molar-refractivity contribution in [3.8, 4) is 22.8 Å². The van der Waals surface area contributed by atoms with Gasteiger partial charge in [0.1, 0.15) is 16.5 Å². The number of ether oxygens (including phenoxy) is 2. The Morgan fingerprint density at radius 3 is 2.38 bits per heavy atom. The van der Waals surface area contributed by atoms with Crippen LogP contribution in [0, 0.1) is 0 Å². The molecule has 1 aromatic carbocycles. The van der Waals surface area contributed by atoms with Crippen molar-refractivity contribution in [2.45, 2.75) is 18.9 Å². The molecule has 0 aliphatic carbocycles. The Morgan fingerprint density at radius 2 is 1.79 bits per heavy atom. The first-order chi connectivity index (χ1) is 11.7. The lowest BCUT2D eigenvalue weighted by molar-refractivity contribution is 0.324. The molecule has 1 aromatic heterocycles. The van der Waals surface area contributed by atoms with Crippen LogP contribution in [0.2, 0.25) is 0 Å². The van der Waals surface area contributed by atoms with E-state index < -0.39 is 0 Å². The number of aromatic nitrogens is 2. The predicted molar refractivity (Wildman–Crippen MR) is 99.1 cm³/mol. The van der Waals surface area contributed by atoms with Gasteiger partial charge in [-0.1, -0.05) is 13.8 Å². The maximum Gasteiger partial charge on any atom is 0.132 e. The third-order valence-corrected chi connectivity index (χ3v) is 4.78. The van der Waals surface area contributed by atoms with Gasteiger partial charge in [0.25, 0.3) is 0 Å². The maximum atomic E-state index is 5.43. The van der Waals surface area contributed by atoms with Gasteiger partial charge < -0.3 is 14.4 Å². The van der Waals surface area contributed by atoms with Gasteiger partial charge in [0, 0.05) is 23.9 Å². The van der Waals surface area contributed by atoms with Crippen LogP contribution in [0.4, 0.5) is 0 Å². The summed E-state index contributed by atoms with van der Waals surface area (Å²) in [6, 6.07) is 9.68. The van der Waals surface area contributed by atoms with Crippen molar-refractivity contribution < 1.29 is 9.47 Å². The molecule has 0 atom stereocenters. The summed E-state index contributed by atoms with van der Waals surface area (Å²) in [6.07, 6.45) is 0. The maximum absolute atomic E-state index is 5.43. The summed E-state index contributed by atoms with van der Waals surface area (Å²) in [5.74, 6) is 2.50. The van der Waals surface area contributed by atoms with Gasteiger partial charge in [0.2, 0.25) is 0 Å². The van der Waals surface area contributed by atoms with E-state index in [-0.39, 0.29) is 0 Å². The number of benzene rings is 1. The molecule has 2 aromatic rings. The lowest BCUT2D eigenvalue weighted by Gasteiger charge is -2.16. The van der Waals surface area contributed by atoms with Gasteiger partial charge in [0.15, 0.2) is 0 Å². The molecule has 0 bridgehead atoms. The van der Waals surface area contributed by atoms with Crippen molar-refractivity contribution in [2.24, 2.45) is 0 Å². The summed E-state index contributed by atoms with van der Waals surface area (Å²) in [5, 5.41) is 9.62. The number of thioether (sulfide) groups is 1. The average Bonchev–Trinajstić information content (AvgIpc) is 2.65. The Bertz CT molecular complexity index is 631. The van der Waals surface area contributed by atoms with E-state index in [9.17, 15) is 0 Å². The van der Waals surface area contributed by atoms with Crippen LogP contribution in [0.5, 0.6) is 11.5 Å². The minimum absolute atomic E-state index is 0.727. The first-order valence-corrected chi connectivity index (χ1v) is 9.11. The van der Waals surface area contributed by atoms with Crippen molar-refractivity contribution in [1.82, 2.24) is 15.1 Å². The molecule has 6 heteroatoms. The van der Waals surface area contributed by atoms with Crippen LogP contribution in [-0.4, -0.2) is 54.7 Å². The van der Waals surface area contributed by atoms with Crippen LogP contribution < -0.4 is 9.47 Å². The number of hydrogen-bond donors (Lipinski definition) is 0. The molecule has 130 valence electrons. The van der Waals surface area contributed by atoms with Crippen LogP contribution >= 0.6 is 11.8 Å². The fraction of sp³-hybridized carbons (Fsp3) is 0.444. The Balaban J connectivity index is 2.04. The minimum Gasteiger partial charge on any atom is -0.497 e. The Kier molecular flexibility index (Phi) is 7.34. The number of hydrogen-bond acceptors (Lipinski definition) is 6. The normalized spacial score (nSPS) is 10.9. The molecule has 0 radical (unpaired) electrons. The molecule has 0 saturated carbocycles. The molecule has 5 nitrogen and oxygen atoms in total. The number of nitrogens with zero attached hydrogens (tertiary/aromatic N) is 3. The van der Waals surface area contributed by atoms with E-state index in [0.717, 1.165) is 53.2 Å². The zero-order chi connectivity index (χ0) is 17.4. The summed E-state index contributed by atoms with van der Waals surface area (Å²) in [6.45, 7) is 7.60. The van der Waals surface area contributed by atoms with E-state index in [4.69, 9.17) is 9.47 Å². The third-order valence-electron chi connectivity index (χ3n) is 3.88. The molecule has 2 rings (SSSR count). The summed E-state index contributed by atoms with van der Waals surface area (Å²) in [7, 11) is 3.28. The van der Waals surface area contributed by atoms with E-state index in [1.165, 1.54) is 0 Å². The minimum atomic E-state index is 0.727. The van der Waals surface area contributed by atoms with Crippen molar-refractivity contribution in [3.63, 3.8) is 0 Å². The molecular weight excluding hydrogens is 322 g/mol. The summed E-state index contributed by atoms with van der Waals surface area (Å²) in [5.41, 5.74) is 1.70. The second-order valence-corrected chi connectivity index (χ2v) is 6.31. The number of rotatable bonds is 9. The quantitative estimate of drug-likeness (QED) is 0.646. The Labute approximate surface area is 148 Å². The van der Waals surface area contributed by atoms with Crippen LogP contribution in [0.3, 0.4) is 0 Å². The summed E-state index contributed by atoms with van der Waals surface area (Å²) < 4.78 is 10.7. The van der Waals surface area contributed by atoms with Gasteiger partial charge in [0.05, 0.1) is 19.9 Å². The monoisotopic (exact) mass is 347 g/mol. The average molecular weight is 347 g/mol. The molecule has 0 aliphatic heterocycles. The first-order valence-electron chi connectivity index (χ1n) is 8.13. The van der Waals surface area contributed by atoms with Gasteiger partial charge >= 0.3 is 0 Å². The highest BCUT2D eigenvalue weighted by atomic mass is 32.2. The molecule has 1 heterocycles. The second kappa shape index (κ2) is 9.49. The van der Waals surface area contributed by atoms with Gasteiger partial charge in [-0.2, -0.15) is 0 Å². The topological polar surface area (TPSA) is 47.5 Å². The van der Waals surface area contributed by atoms with E-state index in [2.05, 4.69) is 28.9 Å². The molecule has 0 spiro atoms. The molecular formula is C18H25N3O2S. The van der Waals surface area contributed by atoms with E-state index in [1.807, 2.05) is 30.3 Å². The van der Waals surface area contributed by atoms with Crippen molar-refractivity contribution in [3.05, 3.63) is 30.3 Å². The highest BCUT2D eigenvalue weighted by Gasteiger charge is 2.10. The van der Waals surface area contributed by atoms with Crippen LogP contribution in [0.15, 0.2) is 35.4 Å². The van der Waals surface area contributed by atoms with Crippen LogP contribution in [-0.2, 0) is 0 Å². The largest absolute Gasteiger partial charge is 0.497 e. The third kappa shape index (κ3) is 4.85. The molecule has 0 N–H and O–H groups in total. The zero-order valence-corrected chi connectivity index (χ0v) is 15.6. The highest BCUT2D eigenvalue weighted by molar-refractivity contribution is 7.99. The predicted octanol–water partition coefficient (Wildman–Crippen LogP) is 3.59. The molecule has 0 unspecified atom stereocenters. The second-order valence-electron chi connectivity index (χ2n) is 5.20. The number of methoxy groups -OCH3 is 2. The van der Waals surface area contributed by atoms with E-state index in [0.29, 0.717) is 0 Å². The Hall–Kier alpha value is -1.79. The molecule has 0 saturated heterocycles. The fourth-order valence-electron chi connectivity index (χ4n) is 2.37. The molecule has 24 heavy (non-hydrogen) atoms. The lowest BCUT2D eigenvalue weighted by atomic mass is 10.1. The van der Waals surface area contributed by atoms with Crippen LogP contribution in [0.1, 0.15) is 13.8 Å². The molecule has 0 fully saturated rings. The van der Waals surface area contributed by atoms with E-state index in [1.54, 1.807) is 26.0 Å². The molecule has 0 amide bonds. The smallest absolute Gasteiger partial charge is 0.132 e. The van der Waals surface area contributed by atoms with E-state index >= 15 is 0 Å². The summed E-state index contributed by atoms with van der Waals surface area (Å²) in [4.78, 5) is 2.40. The summed E-state index contributed by atoms with van der Waals surface area (Å²) >= 11 is 1.73. The fourth-order valence-corrected chi connectivity index (χ4v) is 3.19. The van der Waals surface area contributed by atoms with Crippen LogP contribution in [0.25, 0.3) is 11.3 Å². The standard InChI is InChI=1S/C18H25N3O2S/c1-5-21(6-2)11-12-24-18-10-9-16(19-20-18)15-8-7-14(22-3)13-17(15)23-4/h7-10,13H,5-6,11-12H2,1-4H3. The van der Waals surface area contributed by atoms with Gasteiger partial charge in [-0.3, -0.25) is 0 Å². The zero-order valence-electron chi connectivity index (χ0n) is 14.8. The van der Waals surface area contributed by atoms with Crippen molar-refractivity contribution in [2.75, 3.05) is 39.6 Å². The molecule has 0 aliphatic rings. The van der Waals surface area contributed by atoms with Crippen molar-refractivity contribution in [1.29, 1.82) is 0 Å². The van der Waals surface area contributed by atoms with Gasteiger partial charge in [-0.05, 0) is 37.4 Å². The highest BCUT2D eigenvalue weighted by Crippen LogP contribution is 2.32. The first kappa shape index (κ1) is 18.5.